The summed E-state index contributed by atoms with van der Waals surface area (Å²) in [5.41, 5.74) is 0. The summed E-state index contributed by atoms with van der Waals surface area (Å²) >= 11 is 2.06. The first kappa shape index (κ1) is 8.51. The minimum Gasteiger partial charge on any atom is -0.468 e. The molecular weight excluding hydrogens is 204 g/mol. The maximum absolute atomic E-state index is 5.64. The lowest BCUT2D eigenvalue weighted by molar-refractivity contribution is 0.279. The highest BCUT2D eigenvalue weighted by atomic mass is 32.2. The van der Waals surface area contributed by atoms with E-state index in [2.05, 4.69) is 36.9 Å². The Morgan fingerprint density at radius 3 is 3.07 bits per heavy atom. The van der Waals surface area contributed by atoms with Crippen LogP contribution >= 0.6 is 11.8 Å². The van der Waals surface area contributed by atoms with Crippen molar-refractivity contribution in [3.05, 3.63) is 35.2 Å². The zero-order valence-electron chi connectivity index (χ0n) is 8.72. The Morgan fingerprint density at radius 2 is 2.13 bits per heavy atom. The monoisotopic (exact) mass is 218 g/mol. The van der Waals surface area contributed by atoms with Gasteiger partial charge in [-0.05, 0) is 37.2 Å². The van der Waals surface area contributed by atoms with E-state index in [1.807, 2.05) is 6.26 Å². The maximum atomic E-state index is 5.64. The average Bonchev–Trinajstić information content (AvgIpc) is 2.91. The summed E-state index contributed by atoms with van der Waals surface area (Å²) in [7, 11) is 0. The number of hydrogen-bond acceptors (Lipinski definition) is 2. The zero-order chi connectivity index (χ0) is 9.99. The normalized spacial score (nSPS) is 49.5. The summed E-state index contributed by atoms with van der Waals surface area (Å²) in [5, 5.41) is 0.820. The van der Waals surface area contributed by atoms with E-state index in [0.29, 0.717) is 5.92 Å². The van der Waals surface area contributed by atoms with Crippen LogP contribution in [0.1, 0.15) is 13.3 Å². The van der Waals surface area contributed by atoms with Crippen molar-refractivity contribution < 1.29 is 4.74 Å². The molecule has 2 aliphatic carbocycles. The molecule has 1 saturated carbocycles. The van der Waals surface area contributed by atoms with Gasteiger partial charge in [0.05, 0.1) is 6.26 Å². The molecule has 0 saturated heterocycles. The Bertz CT molecular complexity index is 407. The third-order valence-corrected chi connectivity index (χ3v) is 5.79. The molecular formula is C13H14OS. The van der Waals surface area contributed by atoms with E-state index < -0.39 is 0 Å². The van der Waals surface area contributed by atoms with Gasteiger partial charge in [-0.1, -0.05) is 12.2 Å². The van der Waals surface area contributed by atoms with Gasteiger partial charge < -0.3 is 4.74 Å². The summed E-state index contributed by atoms with van der Waals surface area (Å²) in [6, 6.07) is 0. The number of hydrogen-bond donors (Lipinski definition) is 0. The molecule has 2 aliphatic heterocycles. The third kappa shape index (κ3) is 0.963. The van der Waals surface area contributed by atoms with E-state index in [0.717, 1.165) is 23.0 Å². The molecule has 0 aromatic heterocycles. The molecule has 0 spiro atoms. The van der Waals surface area contributed by atoms with Gasteiger partial charge in [-0.15, -0.1) is 11.8 Å². The van der Waals surface area contributed by atoms with Crippen molar-refractivity contribution in [3.63, 3.8) is 0 Å². The topological polar surface area (TPSA) is 9.23 Å². The van der Waals surface area contributed by atoms with Crippen LogP contribution in [-0.2, 0) is 4.74 Å². The van der Waals surface area contributed by atoms with Crippen LogP contribution in [0.3, 0.4) is 0 Å². The molecule has 0 aromatic carbocycles. The Kier molecular flexibility index (Phi) is 1.55. The van der Waals surface area contributed by atoms with Crippen LogP contribution in [0.4, 0.5) is 0 Å². The second-order valence-corrected chi connectivity index (χ2v) is 6.39. The first-order valence-corrected chi connectivity index (χ1v) is 6.61. The molecule has 1 nitrogen and oxygen atoms in total. The van der Waals surface area contributed by atoms with Crippen LogP contribution < -0.4 is 0 Å². The van der Waals surface area contributed by atoms with Gasteiger partial charge in [0.15, 0.2) is 0 Å². The number of thioether (sulfide) groups is 1. The van der Waals surface area contributed by atoms with Crippen molar-refractivity contribution in [2.45, 2.75) is 18.6 Å². The van der Waals surface area contributed by atoms with Gasteiger partial charge in [-0.3, -0.25) is 0 Å². The minimum atomic E-state index is 0.580. The van der Waals surface area contributed by atoms with Crippen molar-refractivity contribution in [1.82, 2.24) is 0 Å². The van der Waals surface area contributed by atoms with Gasteiger partial charge in [0, 0.05) is 16.1 Å². The van der Waals surface area contributed by atoms with Crippen molar-refractivity contribution >= 4 is 11.8 Å². The van der Waals surface area contributed by atoms with E-state index in [9.17, 15) is 0 Å². The molecule has 78 valence electrons. The Morgan fingerprint density at radius 1 is 1.27 bits per heavy atom. The molecule has 0 unspecified atom stereocenters. The molecule has 2 heterocycles. The van der Waals surface area contributed by atoms with Gasteiger partial charge in [-0.25, -0.2) is 0 Å². The van der Waals surface area contributed by atoms with Gasteiger partial charge >= 0.3 is 0 Å². The highest BCUT2D eigenvalue weighted by molar-refractivity contribution is 8.03. The fourth-order valence-electron chi connectivity index (χ4n) is 3.70. The molecule has 0 aromatic rings. The van der Waals surface area contributed by atoms with E-state index in [1.165, 1.54) is 17.1 Å². The molecule has 4 aliphatic rings. The first-order valence-electron chi connectivity index (χ1n) is 5.73. The SMILES string of the molecule is CC1=C2OC=C[C@@H]2[C@@H]2[C@H](S1)[C@H]1C=C[C@@H]2C1. The molecule has 0 amide bonds. The molecule has 2 bridgehead atoms. The quantitative estimate of drug-likeness (QED) is 0.577. The van der Waals surface area contributed by atoms with Crippen LogP contribution in [0.2, 0.25) is 0 Å². The summed E-state index contributed by atoms with van der Waals surface area (Å²) in [6.45, 7) is 2.21. The smallest absolute Gasteiger partial charge is 0.120 e. The molecule has 0 radical (unpaired) electrons. The second kappa shape index (κ2) is 2.73. The van der Waals surface area contributed by atoms with Crippen molar-refractivity contribution in [2.75, 3.05) is 0 Å². The molecule has 0 N–H and O–H groups in total. The summed E-state index contributed by atoms with van der Waals surface area (Å²) in [4.78, 5) is 1.41. The van der Waals surface area contributed by atoms with Crippen LogP contribution in [0.25, 0.3) is 0 Å². The summed E-state index contributed by atoms with van der Waals surface area (Å²) in [6.07, 6.45) is 10.4. The Hall–Kier alpha value is -0.630. The average molecular weight is 218 g/mol. The van der Waals surface area contributed by atoms with E-state index in [1.54, 1.807) is 0 Å². The number of allylic oxidation sites excluding steroid dienone is 4. The molecule has 15 heavy (non-hydrogen) atoms. The maximum Gasteiger partial charge on any atom is 0.120 e. The van der Waals surface area contributed by atoms with Gasteiger partial charge in [0.2, 0.25) is 0 Å². The zero-order valence-corrected chi connectivity index (χ0v) is 9.54. The second-order valence-electron chi connectivity index (χ2n) is 5.00. The summed E-state index contributed by atoms with van der Waals surface area (Å²) in [5.74, 6) is 4.27. The van der Waals surface area contributed by atoms with Crippen LogP contribution in [0, 0.1) is 23.7 Å². The largest absolute Gasteiger partial charge is 0.468 e. The highest BCUT2D eigenvalue weighted by Crippen LogP contribution is 2.59. The van der Waals surface area contributed by atoms with E-state index in [4.69, 9.17) is 4.74 Å². The fourth-order valence-corrected chi connectivity index (χ4v) is 5.31. The number of rotatable bonds is 0. The predicted octanol–water partition coefficient (Wildman–Crippen LogP) is 3.32. The van der Waals surface area contributed by atoms with Crippen molar-refractivity contribution in [1.29, 1.82) is 0 Å². The van der Waals surface area contributed by atoms with Gasteiger partial charge in [0.1, 0.15) is 5.76 Å². The Balaban J connectivity index is 1.81. The van der Waals surface area contributed by atoms with E-state index >= 15 is 0 Å². The van der Waals surface area contributed by atoms with Gasteiger partial charge in [-0.2, -0.15) is 0 Å². The fraction of sp³-hybridized carbons (Fsp3) is 0.538. The van der Waals surface area contributed by atoms with Crippen molar-refractivity contribution in [2.24, 2.45) is 23.7 Å². The lowest BCUT2D eigenvalue weighted by atomic mass is 9.80. The number of fused-ring (bicyclic) bond motifs is 7. The molecule has 4 rings (SSSR count). The van der Waals surface area contributed by atoms with Crippen molar-refractivity contribution in [3.8, 4) is 0 Å². The van der Waals surface area contributed by atoms with E-state index in [-0.39, 0.29) is 0 Å². The minimum absolute atomic E-state index is 0.580. The molecule has 5 atom stereocenters. The highest BCUT2D eigenvalue weighted by Gasteiger charge is 2.52. The lowest BCUT2D eigenvalue weighted by Gasteiger charge is -2.36. The first-order chi connectivity index (χ1) is 7.34. The third-order valence-electron chi connectivity index (χ3n) is 4.30. The number of ether oxygens (including phenoxy) is 1. The van der Waals surface area contributed by atoms with Gasteiger partial charge in [0.25, 0.3) is 0 Å². The predicted molar refractivity (Wildman–Crippen MR) is 62.0 cm³/mol. The molecule has 2 heteroatoms. The van der Waals surface area contributed by atoms with Crippen LogP contribution in [-0.4, -0.2) is 5.25 Å². The molecule has 1 fully saturated rings. The Labute approximate surface area is 94.3 Å². The van der Waals surface area contributed by atoms with Crippen LogP contribution in [0.5, 0.6) is 0 Å². The summed E-state index contributed by atoms with van der Waals surface area (Å²) < 4.78 is 5.64. The standard InChI is InChI=1S/C13H14OS/c1-7-12-10(4-5-14-12)11-8-2-3-9(6-8)13(11)15-7/h2-5,8-11,13H,6H2,1H3/t8-,9+,10-,11-,13-/m1/s1. The lowest BCUT2D eigenvalue weighted by Crippen LogP contribution is -2.32. The van der Waals surface area contributed by atoms with Crippen LogP contribution in [0.15, 0.2) is 35.2 Å².